The molecule has 0 aromatic rings. The summed E-state index contributed by atoms with van der Waals surface area (Å²) in [4.78, 5) is 35.7. The van der Waals surface area contributed by atoms with E-state index in [1.165, 1.54) is 57.8 Å². The summed E-state index contributed by atoms with van der Waals surface area (Å²) in [7, 11) is -5.14. The summed E-state index contributed by atoms with van der Waals surface area (Å²) in [5.74, 6) is -1.18. The maximum absolute atomic E-state index is 12.8. The normalized spacial score (nSPS) is 25.5. The van der Waals surface area contributed by atoms with Crippen molar-refractivity contribution in [1.82, 2.24) is 0 Å². The lowest BCUT2D eigenvalue weighted by atomic mass is 9.85. The topological polar surface area (TPSA) is 222 Å². The standard InChI is InChI=1S/C47H81O14P/c1-3-5-7-8-9-10-11-12-13-14-15-20-23-26-30-34-41(49)59-37(36-58-62(55,56)61-47-45(53)43(51)42(50)44(52)46(47)54)35-57-40(48)33-29-25-22-19-17-16-18-21-24-28-32-39-38(60-39)31-27-6-4-2/h12-13,16,18-19,22,24,28,37-39,42-47,50-54H,3-11,14-15,17,20-21,23,25-27,29-36H2,1-2H3,(H,55,56)/b13-12-,18-16-,22-19-,28-24-/t37-,38?,39?,42?,43-,44+,45-,46-,47?/m1/s1. The molecule has 2 rings (SSSR count). The minimum absolute atomic E-state index is 0.0716. The van der Waals surface area contributed by atoms with Gasteiger partial charge in [-0.05, 0) is 70.6 Å². The number of aliphatic hydroxyl groups excluding tert-OH is 5. The number of aliphatic hydroxyl groups is 5. The summed E-state index contributed by atoms with van der Waals surface area (Å²) in [6.45, 7) is 3.20. The van der Waals surface area contributed by atoms with Crippen LogP contribution in [0.15, 0.2) is 48.6 Å². The third-order valence-electron chi connectivity index (χ3n) is 11.1. The fourth-order valence-electron chi connectivity index (χ4n) is 7.13. The Morgan fingerprint density at radius 1 is 0.581 bits per heavy atom. The number of phosphoric acid groups is 1. The van der Waals surface area contributed by atoms with Crippen LogP contribution in [0.5, 0.6) is 0 Å². The first-order valence-corrected chi connectivity index (χ1v) is 25.1. The highest BCUT2D eigenvalue weighted by molar-refractivity contribution is 7.47. The summed E-state index contributed by atoms with van der Waals surface area (Å²) < 4.78 is 39.2. The first-order chi connectivity index (χ1) is 29.9. The van der Waals surface area contributed by atoms with Crippen molar-refractivity contribution in [2.75, 3.05) is 13.2 Å². The number of epoxide rings is 1. The number of carbonyl (C=O) groups is 2. The summed E-state index contributed by atoms with van der Waals surface area (Å²) in [5, 5.41) is 50.2. The second kappa shape index (κ2) is 34.2. The van der Waals surface area contributed by atoms with Crippen LogP contribution in [0.1, 0.15) is 168 Å². The van der Waals surface area contributed by atoms with E-state index in [9.17, 15) is 44.6 Å². The Balaban J connectivity index is 1.72. The van der Waals surface area contributed by atoms with Crippen molar-refractivity contribution >= 4 is 19.8 Å². The summed E-state index contributed by atoms with van der Waals surface area (Å²) in [5.41, 5.74) is 0. The minimum atomic E-state index is -5.14. The minimum Gasteiger partial charge on any atom is -0.462 e. The average Bonchev–Trinajstić information content (AvgIpc) is 4.01. The molecule has 358 valence electrons. The van der Waals surface area contributed by atoms with Crippen molar-refractivity contribution in [1.29, 1.82) is 0 Å². The van der Waals surface area contributed by atoms with Crippen LogP contribution in [-0.4, -0.2) is 111 Å². The van der Waals surface area contributed by atoms with Gasteiger partial charge in [0, 0.05) is 12.8 Å². The Morgan fingerprint density at radius 3 is 1.73 bits per heavy atom. The summed E-state index contributed by atoms with van der Waals surface area (Å²) >= 11 is 0. The number of esters is 2. The number of hydrogen-bond donors (Lipinski definition) is 6. The van der Waals surface area contributed by atoms with Crippen molar-refractivity contribution in [3.05, 3.63) is 48.6 Å². The molecule has 1 saturated carbocycles. The SMILES string of the molecule is CCCCCCCC/C=C\CCCCCCCC(=O)O[C@H](COC(=O)CCC/C=C\C/C=C\C/C=C\CC1OC1CCCCC)COP(=O)(O)OC1[C@H](O)[C@H](O)C(O)[C@H](O)[C@H]1O. The van der Waals surface area contributed by atoms with Gasteiger partial charge in [-0.25, -0.2) is 4.57 Å². The van der Waals surface area contributed by atoms with Crippen LogP contribution in [0.2, 0.25) is 0 Å². The molecule has 2 fully saturated rings. The predicted octanol–water partition coefficient (Wildman–Crippen LogP) is 8.16. The number of carbonyl (C=O) groups excluding carboxylic acids is 2. The highest BCUT2D eigenvalue weighted by Crippen LogP contribution is 2.47. The first-order valence-electron chi connectivity index (χ1n) is 23.6. The number of rotatable bonds is 37. The summed E-state index contributed by atoms with van der Waals surface area (Å²) in [6, 6.07) is 0. The van der Waals surface area contributed by atoms with Crippen LogP contribution in [-0.2, 0) is 37.4 Å². The van der Waals surface area contributed by atoms with Crippen molar-refractivity contribution in [3.8, 4) is 0 Å². The zero-order chi connectivity index (χ0) is 45.4. The van der Waals surface area contributed by atoms with Gasteiger partial charge in [-0.3, -0.25) is 18.6 Å². The van der Waals surface area contributed by atoms with E-state index in [2.05, 4.69) is 50.3 Å². The van der Waals surface area contributed by atoms with Crippen LogP contribution in [0.3, 0.4) is 0 Å². The van der Waals surface area contributed by atoms with Crippen LogP contribution in [0.4, 0.5) is 0 Å². The van der Waals surface area contributed by atoms with Crippen molar-refractivity contribution in [2.45, 2.75) is 223 Å². The maximum atomic E-state index is 12.8. The molecule has 1 aliphatic carbocycles. The molecule has 6 N–H and O–H groups in total. The largest absolute Gasteiger partial charge is 0.472 e. The van der Waals surface area contributed by atoms with Gasteiger partial charge < -0.3 is 44.6 Å². The molecule has 1 aliphatic heterocycles. The van der Waals surface area contributed by atoms with Crippen LogP contribution >= 0.6 is 7.82 Å². The molecule has 10 atom stereocenters. The molecule has 15 heteroatoms. The van der Waals surface area contributed by atoms with Gasteiger partial charge in [-0.2, -0.15) is 0 Å². The fraction of sp³-hybridized carbons (Fsp3) is 0.787. The Morgan fingerprint density at radius 2 is 1.08 bits per heavy atom. The van der Waals surface area contributed by atoms with Gasteiger partial charge in [0.15, 0.2) is 6.10 Å². The van der Waals surface area contributed by atoms with Gasteiger partial charge in [-0.1, -0.05) is 133 Å². The molecule has 0 aromatic carbocycles. The van der Waals surface area contributed by atoms with E-state index in [-0.39, 0.29) is 12.8 Å². The van der Waals surface area contributed by atoms with Gasteiger partial charge in [0.2, 0.25) is 0 Å². The number of allylic oxidation sites excluding steroid dienone is 7. The number of ether oxygens (including phenoxy) is 3. The molecule has 1 saturated heterocycles. The van der Waals surface area contributed by atoms with Gasteiger partial charge in [0.1, 0.15) is 43.2 Å². The zero-order valence-electron chi connectivity index (χ0n) is 37.6. The van der Waals surface area contributed by atoms with E-state index in [4.69, 9.17) is 23.3 Å². The molecular formula is C47H81O14P. The maximum Gasteiger partial charge on any atom is 0.472 e. The molecule has 0 amide bonds. The summed E-state index contributed by atoms with van der Waals surface area (Å²) in [6.07, 6.45) is 27.7. The third kappa shape index (κ3) is 25.9. The number of hydrogen-bond acceptors (Lipinski definition) is 13. The number of unbranched alkanes of at least 4 members (excludes halogenated alkanes) is 14. The molecule has 0 bridgehead atoms. The van der Waals surface area contributed by atoms with Gasteiger partial charge in [0.25, 0.3) is 0 Å². The van der Waals surface area contributed by atoms with Gasteiger partial charge in [0.05, 0.1) is 18.8 Å². The van der Waals surface area contributed by atoms with E-state index in [1.807, 2.05) is 12.2 Å². The lowest BCUT2D eigenvalue weighted by Gasteiger charge is -2.41. The lowest BCUT2D eigenvalue weighted by molar-refractivity contribution is -0.220. The van der Waals surface area contributed by atoms with E-state index < -0.39 is 75.7 Å². The fourth-order valence-corrected chi connectivity index (χ4v) is 8.11. The molecule has 5 unspecified atom stereocenters. The Hall–Kier alpha value is -2.23. The third-order valence-corrected chi connectivity index (χ3v) is 12.1. The number of phosphoric ester groups is 1. The molecule has 0 radical (unpaired) electrons. The highest BCUT2D eigenvalue weighted by Gasteiger charge is 2.51. The Kier molecular flexibility index (Phi) is 30.8. The van der Waals surface area contributed by atoms with Crippen LogP contribution in [0.25, 0.3) is 0 Å². The van der Waals surface area contributed by atoms with Crippen molar-refractivity contribution in [2.24, 2.45) is 0 Å². The van der Waals surface area contributed by atoms with E-state index in [0.29, 0.717) is 31.5 Å². The second-order valence-electron chi connectivity index (χ2n) is 16.6. The highest BCUT2D eigenvalue weighted by atomic mass is 31.2. The first kappa shape index (κ1) is 55.9. The zero-order valence-corrected chi connectivity index (χ0v) is 38.5. The smallest absolute Gasteiger partial charge is 0.462 e. The molecule has 62 heavy (non-hydrogen) atoms. The molecular weight excluding hydrogens is 819 g/mol. The molecule has 14 nitrogen and oxygen atoms in total. The quantitative estimate of drug-likeness (QED) is 0.0114. The van der Waals surface area contributed by atoms with Crippen molar-refractivity contribution in [3.63, 3.8) is 0 Å². The average molecular weight is 901 g/mol. The lowest BCUT2D eigenvalue weighted by Crippen LogP contribution is -2.64. The van der Waals surface area contributed by atoms with Crippen molar-refractivity contribution < 1.29 is 67.8 Å². The van der Waals surface area contributed by atoms with Gasteiger partial charge in [-0.15, -0.1) is 0 Å². The predicted molar refractivity (Wildman–Crippen MR) is 239 cm³/mol. The van der Waals surface area contributed by atoms with E-state index in [1.54, 1.807) is 0 Å². The molecule has 0 spiro atoms. The van der Waals surface area contributed by atoms with Crippen LogP contribution in [0, 0.1) is 0 Å². The monoisotopic (exact) mass is 901 g/mol. The van der Waals surface area contributed by atoms with E-state index in [0.717, 1.165) is 64.2 Å². The van der Waals surface area contributed by atoms with Crippen LogP contribution < -0.4 is 0 Å². The van der Waals surface area contributed by atoms with Gasteiger partial charge >= 0.3 is 19.8 Å². The molecule has 0 aromatic heterocycles. The van der Waals surface area contributed by atoms with E-state index >= 15 is 0 Å². The Labute approximate surface area is 371 Å². The molecule has 2 aliphatic rings. The Bertz CT molecular complexity index is 1340. The molecule has 1 heterocycles. The second-order valence-corrected chi connectivity index (χ2v) is 18.0.